The number of hydrogen-bond acceptors (Lipinski definition) is 4. The first-order valence-corrected chi connectivity index (χ1v) is 6.97. The van der Waals surface area contributed by atoms with E-state index in [1.807, 2.05) is 0 Å². The number of aliphatic hydroxyl groups is 1. The van der Waals surface area contributed by atoms with Gasteiger partial charge in [0.1, 0.15) is 0 Å². The molecule has 16 heavy (non-hydrogen) atoms. The summed E-state index contributed by atoms with van der Waals surface area (Å²) in [5.41, 5.74) is 0. The van der Waals surface area contributed by atoms with Gasteiger partial charge >= 0.3 is 51.4 Å². The summed E-state index contributed by atoms with van der Waals surface area (Å²) in [5.74, 6) is 0. The van der Waals surface area contributed by atoms with Crippen molar-refractivity contribution in [1.82, 2.24) is 0 Å². The summed E-state index contributed by atoms with van der Waals surface area (Å²) in [6.07, 6.45) is 3.95. The van der Waals surface area contributed by atoms with Crippen molar-refractivity contribution in [3.63, 3.8) is 0 Å². The van der Waals surface area contributed by atoms with E-state index in [-0.39, 0.29) is 57.5 Å². The molecular formula is C10H21KO4S. The third kappa shape index (κ3) is 10.6. The fourth-order valence-corrected chi connectivity index (χ4v) is 1.82. The molecule has 0 aromatic rings. The molecule has 0 aromatic heterocycles. The van der Waals surface area contributed by atoms with Gasteiger partial charge in [-0.2, -0.15) is 0 Å². The largest absolute Gasteiger partial charge is 1.00 e. The molecule has 0 aliphatic rings. The number of aliphatic hydroxyl groups excluding tert-OH is 1. The second-order valence-electron chi connectivity index (χ2n) is 4.03. The summed E-state index contributed by atoms with van der Waals surface area (Å²) in [6.45, 7) is 3.47. The third-order valence-corrected chi connectivity index (χ3v) is 3.75. The van der Waals surface area contributed by atoms with Crippen molar-refractivity contribution in [2.24, 2.45) is 0 Å². The smallest absolute Gasteiger partial charge is 0.748 e. The molecule has 92 valence electrons. The van der Waals surface area contributed by atoms with E-state index < -0.39 is 15.4 Å². The minimum atomic E-state index is -4.15. The summed E-state index contributed by atoms with van der Waals surface area (Å²) >= 11 is 0. The SMILES string of the molecule is CCCCC(O)CCCC(C)S(=O)(=O)[O-].[K+]. The van der Waals surface area contributed by atoms with Gasteiger partial charge in [-0.3, -0.25) is 0 Å². The van der Waals surface area contributed by atoms with E-state index in [2.05, 4.69) is 6.92 Å². The van der Waals surface area contributed by atoms with E-state index in [0.29, 0.717) is 19.3 Å². The van der Waals surface area contributed by atoms with Gasteiger partial charge < -0.3 is 9.66 Å². The molecule has 6 heteroatoms. The van der Waals surface area contributed by atoms with Gasteiger partial charge in [0, 0.05) is 5.25 Å². The molecule has 0 bridgehead atoms. The van der Waals surface area contributed by atoms with Crippen LogP contribution < -0.4 is 51.4 Å². The maximum Gasteiger partial charge on any atom is 1.00 e. The minimum Gasteiger partial charge on any atom is -0.748 e. The van der Waals surface area contributed by atoms with Gasteiger partial charge in [0.25, 0.3) is 0 Å². The third-order valence-electron chi connectivity index (χ3n) is 2.53. The van der Waals surface area contributed by atoms with Gasteiger partial charge in [-0.25, -0.2) is 8.42 Å². The number of unbranched alkanes of at least 4 members (excludes halogenated alkanes) is 1. The van der Waals surface area contributed by atoms with Crippen LogP contribution in [0, 0.1) is 0 Å². The van der Waals surface area contributed by atoms with E-state index in [0.717, 1.165) is 19.3 Å². The Labute approximate surface area is 141 Å². The van der Waals surface area contributed by atoms with Crippen LogP contribution in [0.2, 0.25) is 0 Å². The Balaban J connectivity index is 0. The number of rotatable bonds is 8. The molecule has 0 saturated heterocycles. The molecule has 0 radical (unpaired) electrons. The Kier molecular flexibility index (Phi) is 12.9. The maximum atomic E-state index is 10.6. The minimum absolute atomic E-state index is 0. The van der Waals surface area contributed by atoms with Crippen LogP contribution in [0.3, 0.4) is 0 Å². The van der Waals surface area contributed by atoms with Crippen LogP contribution in [0.5, 0.6) is 0 Å². The predicted octanol–water partition coefficient (Wildman–Crippen LogP) is -1.35. The van der Waals surface area contributed by atoms with E-state index in [9.17, 15) is 18.1 Å². The molecule has 0 saturated carbocycles. The molecule has 2 unspecified atom stereocenters. The first-order valence-electron chi connectivity index (χ1n) is 5.50. The van der Waals surface area contributed by atoms with Crippen LogP contribution in [-0.2, 0) is 10.1 Å². The van der Waals surface area contributed by atoms with Crippen LogP contribution in [0.15, 0.2) is 0 Å². The summed E-state index contributed by atoms with van der Waals surface area (Å²) in [7, 11) is -4.15. The molecule has 0 spiro atoms. The van der Waals surface area contributed by atoms with Crippen LogP contribution >= 0.6 is 0 Å². The summed E-state index contributed by atoms with van der Waals surface area (Å²) in [4.78, 5) is 0. The molecule has 0 aliphatic heterocycles. The Morgan fingerprint density at radius 1 is 1.19 bits per heavy atom. The quantitative estimate of drug-likeness (QED) is 0.439. The molecule has 0 heterocycles. The molecule has 0 rings (SSSR count). The monoisotopic (exact) mass is 276 g/mol. The van der Waals surface area contributed by atoms with E-state index in [1.165, 1.54) is 6.92 Å². The zero-order chi connectivity index (χ0) is 11.9. The van der Waals surface area contributed by atoms with Crippen LogP contribution in [0.1, 0.15) is 52.4 Å². The number of hydrogen-bond donors (Lipinski definition) is 1. The van der Waals surface area contributed by atoms with Crippen molar-refractivity contribution >= 4 is 10.1 Å². The summed E-state index contributed by atoms with van der Waals surface area (Å²) in [5, 5.41) is 8.63. The van der Waals surface area contributed by atoms with Gasteiger partial charge in [-0.1, -0.05) is 19.8 Å². The average molecular weight is 276 g/mol. The molecule has 0 fully saturated rings. The van der Waals surface area contributed by atoms with Gasteiger partial charge in [0.05, 0.1) is 16.2 Å². The molecule has 4 nitrogen and oxygen atoms in total. The first-order chi connectivity index (χ1) is 6.88. The Hall–Kier alpha value is 1.51. The molecule has 2 atom stereocenters. The van der Waals surface area contributed by atoms with Crippen LogP contribution in [0.4, 0.5) is 0 Å². The zero-order valence-corrected chi connectivity index (χ0v) is 14.4. The second kappa shape index (κ2) is 10.4. The van der Waals surface area contributed by atoms with Crippen LogP contribution in [0.25, 0.3) is 0 Å². The molecule has 0 amide bonds. The molecular weight excluding hydrogens is 255 g/mol. The van der Waals surface area contributed by atoms with Gasteiger partial charge in [-0.15, -0.1) is 0 Å². The van der Waals surface area contributed by atoms with E-state index >= 15 is 0 Å². The standard InChI is InChI=1S/C10H22O4S.K/c1-3-4-7-10(11)8-5-6-9(2)15(12,13)14;/h9-11H,3-8H2,1-2H3,(H,12,13,14);/q;+1/p-1. The van der Waals surface area contributed by atoms with Crippen LogP contribution in [-0.4, -0.2) is 29.4 Å². The van der Waals surface area contributed by atoms with E-state index in [1.54, 1.807) is 0 Å². The summed E-state index contributed by atoms with van der Waals surface area (Å²) in [6, 6.07) is 0. The normalized spacial score (nSPS) is 15.2. The Bertz CT molecular complexity index is 254. The van der Waals surface area contributed by atoms with Crippen molar-refractivity contribution in [2.75, 3.05) is 0 Å². The van der Waals surface area contributed by atoms with E-state index in [4.69, 9.17) is 0 Å². The maximum absolute atomic E-state index is 10.6. The molecule has 1 N–H and O–H groups in total. The van der Waals surface area contributed by atoms with Gasteiger partial charge in [0.2, 0.25) is 0 Å². The van der Waals surface area contributed by atoms with Crippen molar-refractivity contribution in [3.8, 4) is 0 Å². The Morgan fingerprint density at radius 3 is 2.12 bits per heavy atom. The Morgan fingerprint density at radius 2 is 1.69 bits per heavy atom. The topological polar surface area (TPSA) is 77.4 Å². The molecule has 0 aromatic carbocycles. The van der Waals surface area contributed by atoms with Crippen molar-refractivity contribution in [3.05, 3.63) is 0 Å². The predicted molar refractivity (Wildman–Crippen MR) is 58.5 cm³/mol. The average Bonchev–Trinajstić information content (AvgIpc) is 2.13. The fraction of sp³-hybridized carbons (Fsp3) is 1.00. The van der Waals surface area contributed by atoms with Crippen molar-refractivity contribution in [2.45, 2.75) is 63.7 Å². The zero-order valence-electron chi connectivity index (χ0n) is 10.5. The second-order valence-corrected chi connectivity index (χ2v) is 5.82. The van der Waals surface area contributed by atoms with Crippen molar-refractivity contribution in [1.29, 1.82) is 0 Å². The van der Waals surface area contributed by atoms with Gasteiger partial charge in [-0.05, 0) is 32.6 Å². The van der Waals surface area contributed by atoms with Gasteiger partial charge in [0.15, 0.2) is 0 Å². The summed E-state index contributed by atoms with van der Waals surface area (Å²) < 4.78 is 31.7. The van der Waals surface area contributed by atoms with Crippen molar-refractivity contribution < 1.29 is 69.5 Å². The molecule has 0 aliphatic carbocycles. The fourth-order valence-electron chi connectivity index (χ4n) is 1.37. The first kappa shape index (κ1) is 19.8.